The van der Waals surface area contributed by atoms with E-state index < -0.39 is 0 Å². The SMILES string of the molecule is Nc1ccc2c(=O)n3c(nc2c1)/C(=C/c1ccc(Cl)cc1)CCC3. The highest BCUT2D eigenvalue weighted by atomic mass is 35.5. The summed E-state index contributed by atoms with van der Waals surface area (Å²) in [5.41, 5.74) is 9.21. The normalized spacial score (nSPS) is 15.6. The molecule has 4 rings (SSSR count). The number of benzene rings is 2. The van der Waals surface area contributed by atoms with Gasteiger partial charge in [0, 0.05) is 17.3 Å². The summed E-state index contributed by atoms with van der Waals surface area (Å²) in [5.74, 6) is 0.735. The molecule has 2 aromatic carbocycles. The minimum absolute atomic E-state index is 0.00305. The van der Waals surface area contributed by atoms with Crippen LogP contribution in [0.25, 0.3) is 22.6 Å². The predicted octanol–water partition coefficient (Wildman–Crippen LogP) is 3.97. The van der Waals surface area contributed by atoms with Gasteiger partial charge in [-0.05, 0) is 60.4 Å². The Hall–Kier alpha value is -2.59. The first kappa shape index (κ1) is 15.0. The second-order valence-electron chi connectivity index (χ2n) is 5.99. The van der Waals surface area contributed by atoms with Crippen LogP contribution in [-0.2, 0) is 6.54 Å². The lowest BCUT2D eigenvalue weighted by atomic mass is 10.0. The zero-order valence-electron chi connectivity index (χ0n) is 13.0. The van der Waals surface area contributed by atoms with Crippen LogP contribution in [0.5, 0.6) is 0 Å². The molecule has 0 amide bonds. The van der Waals surface area contributed by atoms with E-state index in [1.54, 1.807) is 22.8 Å². The molecule has 0 atom stereocenters. The van der Waals surface area contributed by atoms with Gasteiger partial charge in [-0.25, -0.2) is 4.98 Å². The minimum atomic E-state index is -0.00305. The molecule has 1 aliphatic heterocycles. The summed E-state index contributed by atoms with van der Waals surface area (Å²) in [7, 11) is 0. The molecular formula is C19H16ClN3O. The summed E-state index contributed by atoms with van der Waals surface area (Å²) in [6.45, 7) is 0.694. The lowest BCUT2D eigenvalue weighted by molar-refractivity contribution is 0.587. The molecule has 2 heterocycles. The second kappa shape index (κ2) is 5.80. The van der Waals surface area contributed by atoms with Crippen LogP contribution in [0.15, 0.2) is 47.3 Å². The molecule has 3 aromatic rings. The van der Waals surface area contributed by atoms with Crippen molar-refractivity contribution >= 4 is 39.8 Å². The van der Waals surface area contributed by atoms with Crippen molar-refractivity contribution in [2.45, 2.75) is 19.4 Å². The molecule has 0 fully saturated rings. The number of hydrogen-bond acceptors (Lipinski definition) is 3. The fourth-order valence-electron chi connectivity index (χ4n) is 3.13. The number of fused-ring (bicyclic) bond motifs is 2. The first-order chi connectivity index (χ1) is 11.6. The Morgan fingerprint density at radius 1 is 1.17 bits per heavy atom. The van der Waals surface area contributed by atoms with Crippen LogP contribution in [0.3, 0.4) is 0 Å². The number of nitrogen functional groups attached to an aromatic ring is 1. The van der Waals surface area contributed by atoms with Crippen molar-refractivity contribution in [3.8, 4) is 0 Å². The third-order valence-electron chi connectivity index (χ3n) is 4.31. The molecule has 1 aliphatic rings. The van der Waals surface area contributed by atoms with Gasteiger partial charge in [-0.1, -0.05) is 23.7 Å². The number of halogens is 1. The number of rotatable bonds is 1. The van der Waals surface area contributed by atoms with E-state index in [9.17, 15) is 4.79 Å². The Bertz CT molecular complexity index is 1020. The van der Waals surface area contributed by atoms with E-state index in [0.29, 0.717) is 28.2 Å². The first-order valence-corrected chi connectivity index (χ1v) is 8.26. The van der Waals surface area contributed by atoms with E-state index in [1.165, 1.54) is 0 Å². The number of nitrogens with zero attached hydrogens (tertiary/aromatic N) is 2. The quantitative estimate of drug-likeness (QED) is 0.683. The second-order valence-corrected chi connectivity index (χ2v) is 6.43. The van der Waals surface area contributed by atoms with Gasteiger partial charge in [0.2, 0.25) is 0 Å². The van der Waals surface area contributed by atoms with Crippen LogP contribution >= 0.6 is 11.6 Å². The summed E-state index contributed by atoms with van der Waals surface area (Å²) in [5, 5.41) is 1.32. The molecule has 1 aromatic heterocycles. The Morgan fingerprint density at radius 2 is 1.96 bits per heavy atom. The maximum absolute atomic E-state index is 12.8. The summed E-state index contributed by atoms with van der Waals surface area (Å²) >= 11 is 5.95. The maximum atomic E-state index is 12.8. The van der Waals surface area contributed by atoms with Crippen molar-refractivity contribution in [2.75, 3.05) is 5.73 Å². The van der Waals surface area contributed by atoms with E-state index >= 15 is 0 Å². The highest BCUT2D eigenvalue weighted by molar-refractivity contribution is 6.30. The standard InChI is InChI=1S/C19H16ClN3O/c20-14-5-3-12(4-6-14)10-13-2-1-9-23-18(13)22-17-11-15(21)7-8-16(17)19(23)24/h3-8,10-11H,1-2,9,21H2/b13-10+. The highest BCUT2D eigenvalue weighted by Crippen LogP contribution is 2.27. The lowest BCUT2D eigenvalue weighted by Crippen LogP contribution is -2.27. The fraction of sp³-hybridized carbons (Fsp3) is 0.158. The predicted molar refractivity (Wildman–Crippen MR) is 99.0 cm³/mol. The topological polar surface area (TPSA) is 60.9 Å². The number of aromatic nitrogens is 2. The van der Waals surface area contributed by atoms with E-state index in [0.717, 1.165) is 29.8 Å². The molecule has 0 saturated heterocycles. The van der Waals surface area contributed by atoms with Gasteiger partial charge in [0.05, 0.1) is 10.9 Å². The number of nitrogens with two attached hydrogens (primary N) is 1. The van der Waals surface area contributed by atoms with E-state index in [4.69, 9.17) is 22.3 Å². The first-order valence-electron chi connectivity index (χ1n) is 7.88. The van der Waals surface area contributed by atoms with Crippen molar-refractivity contribution in [2.24, 2.45) is 0 Å². The fourth-order valence-corrected chi connectivity index (χ4v) is 3.25. The summed E-state index contributed by atoms with van der Waals surface area (Å²) in [4.78, 5) is 17.5. The van der Waals surface area contributed by atoms with Crippen LogP contribution in [0.1, 0.15) is 24.2 Å². The zero-order valence-corrected chi connectivity index (χ0v) is 13.8. The summed E-state index contributed by atoms with van der Waals surface area (Å²) in [6.07, 6.45) is 3.89. The highest BCUT2D eigenvalue weighted by Gasteiger charge is 2.18. The van der Waals surface area contributed by atoms with Gasteiger partial charge >= 0.3 is 0 Å². The van der Waals surface area contributed by atoms with Gasteiger partial charge in [-0.2, -0.15) is 0 Å². The molecule has 24 heavy (non-hydrogen) atoms. The van der Waals surface area contributed by atoms with Crippen molar-refractivity contribution in [3.63, 3.8) is 0 Å². The lowest BCUT2D eigenvalue weighted by Gasteiger charge is -2.21. The van der Waals surface area contributed by atoms with Gasteiger partial charge in [-0.3, -0.25) is 9.36 Å². The number of anilines is 1. The molecule has 4 nitrogen and oxygen atoms in total. The third kappa shape index (κ3) is 2.59. The molecule has 0 aliphatic carbocycles. The Labute approximate surface area is 144 Å². The molecule has 5 heteroatoms. The van der Waals surface area contributed by atoms with Crippen LogP contribution in [0.2, 0.25) is 5.02 Å². The minimum Gasteiger partial charge on any atom is -0.399 e. The largest absolute Gasteiger partial charge is 0.399 e. The van der Waals surface area contributed by atoms with Crippen molar-refractivity contribution < 1.29 is 0 Å². The van der Waals surface area contributed by atoms with Crippen LogP contribution in [0, 0.1) is 0 Å². The molecular weight excluding hydrogens is 322 g/mol. The van der Waals surface area contributed by atoms with Gasteiger partial charge in [0.1, 0.15) is 5.82 Å². The Morgan fingerprint density at radius 3 is 2.75 bits per heavy atom. The van der Waals surface area contributed by atoms with E-state index in [-0.39, 0.29) is 5.56 Å². The van der Waals surface area contributed by atoms with E-state index in [2.05, 4.69) is 6.08 Å². The third-order valence-corrected chi connectivity index (χ3v) is 4.56. The molecule has 2 N–H and O–H groups in total. The number of hydrogen-bond donors (Lipinski definition) is 1. The Kier molecular flexibility index (Phi) is 3.62. The molecule has 0 unspecified atom stereocenters. The van der Waals surface area contributed by atoms with Gasteiger partial charge < -0.3 is 5.73 Å². The van der Waals surface area contributed by atoms with Gasteiger partial charge in [0.25, 0.3) is 5.56 Å². The van der Waals surface area contributed by atoms with Crippen LogP contribution in [-0.4, -0.2) is 9.55 Å². The molecule has 120 valence electrons. The summed E-state index contributed by atoms with van der Waals surface area (Å²) in [6, 6.07) is 12.9. The monoisotopic (exact) mass is 337 g/mol. The average Bonchev–Trinajstić information content (AvgIpc) is 2.57. The number of allylic oxidation sites excluding steroid dienone is 1. The maximum Gasteiger partial charge on any atom is 0.261 e. The smallest absolute Gasteiger partial charge is 0.261 e. The molecule has 0 radical (unpaired) electrons. The van der Waals surface area contributed by atoms with Crippen molar-refractivity contribution in [3.05, 3.63) is 69.2 Å². The van der Waals surface area contributed by atoms with Crippen molar-refractivity contribution in [1.29, 1.82) is 0 Å². The van der Waals surface area contributed by atoms with Gasteiger partial charge in [-0.15, -0.1) is 0 Å². The Balaban J connectivity index is 1.92. The molecule has 0 saturated carbocycles. The van der Waals surface area contributed by atoms with E-state index in [1.807, 2.05) is 24.3 Å². The molecule has 0 bridgehead atoms. The van der Waals surface area contributed by atoms with Crippen LogP contribution < -0.4 is 11.3 Å². The zero-order chi connectivity index (χ0) is 16.7. The van der Waals surface area contributed by atoms with Crippen molar-refractivity contribution in [1.82, 2.24) is 9.55 Å². The van der Waals surface area contributed by atoms with Crippen LogP contribution in [0.4, 0.5) is 5.69 Å². The molecule has 0 spiro atoms. The van der Waals surface area contributed by atoms with Gasteiger partial charge in [0.15, 0.2) is 0 Å². The average molecular weight is 338 g/mol. The summed E-state index contributed by atoms with van der Waals surface area (Å²) < 4.78 is 1.77.